The lowest BCUT2D eigenvalue weighted by Crippen LogP contribution is -2.44. The van der Waals surface area contributed by atoms with Gasteiger partial charge in [-0.05, 0) is 57.2 Å². The molecule has 1 aliphatic heterocycles. The first-order chi connectivity index (χ1) is 15.4. The van der Waals surface area contributed by atoms with Gasteiger partial charge in [0.05, 0.1) is 22.2 Å². The molecule has 1 saturated heterocycles. The standard InChI is InChI=1S/C24H26N6O2/c1-29-11-9-15(10-12-29)30(2)24(32)14-7-8-18-19(13-14)27-22(26-18)20-21(25)16-5-3-4-6-17(16)28-23(20)31/h3-8,13,15H,9-12H2,1-2H3,(H,26,27)(H3,25,28,31). The van der Waals surface area contributed by atoms with Gasteiger partial charge in [0.25, 0.3) is 11.5 Å². The van der Waals surface area contributed by atoms with Crippen LogP contribution in [-0.2, 0) is 0 Å². The third-order valence-electron chi connectivity index (χ3n) is 6.48. The zero-order valence-electron chi connectivity index (χ0n) is 18.2. The number of imidazole rings is 1. The summed E-state index contributed by atoms with van der Waals surface area (Å²) in [6.45, 7) is 1.99. The van der Waals surface area contributed by atoms with Crippen LogP contribution in [-0.4, -0.2) is 63.9 Å². The lowest BCUT2D eigenvalue weighted by Gasteiger charge is -2.35. The van der Waals surface area contributed by atoms with E-state index in [4.69, 9.17) is 5.73 Å². The lowest BCUT2D eigenvalue weighted by atomic mass is 10.0. The number of hydrogen-bond acceptors (Lipinski definition) is 5. The number of piperidine rings is 1. The molecule has 1 fully saturated rings. The zero-order valence-corrected chi connectivity index (χ0v) is 18.2. The van der Waals surface area contributed by atoms with Crippen molar-refractivity contribution in [2.24, 2.45) is 0 Å². The van der Waals surface area contributed by atoms with Crippen LogP contribution in [0.1, 0.15) is 23.2 Å². The first kappa shape index (κ1) is 20.3. The Hall–Kier alpha value is -3.65. The molecule has 4 aromatic rings. The largest absolute Gasteiger partial charge is 0.397 e. The number of para-hydroxylation sites is 1. The predicted molar refractivity (Wildman–Crippen MR) is 127 cm³/mol. The number of carbonyl (C=O) groups excluding carboxylic acids is 1. The number of nitrogens with two attached hydrogens (primary N) is 1. The second-order valence-electron chi connectivity index (χ2n) is 8.56. The number of amides is 1. The highest BCUT2D eigenvalue weighted by atomic mass is 16.2. The van der Waals surface area contributed by atoms with E-state index in [0.717, 1.165) is 31.3 Å². The van der Waals surface area contributed by atoms with E-state index in [2.05, 4.69) is 26.9 Å². The van der Waals surface area contributed by atoms with Crippen LogP contribution in [0, 0.1) is 0 Å². The fraction of sp³-hybridized carbons (Fsp3) is 0.292. The Kier molecular flexibility index (Phi) is 4.94. The first-order valence-corrected chi connectivity index (χ1v) is 10.8. The van der Waals surface area contributed by atoms with Crippen molar-refractivity contribution >= 4 is 33.5 Å². The number of nitrogens with one attached hydrogen (secondary N) is 2. The molecule has 1 amide bonds. The van der Waals surface area contributed by atoms with Crippen LogP contribution < -0.4 is 11.3 Å². The Morgan fingerprint density at radius 1 is 1.12 bits per heavy atom. The van der Waals surface area contributed by atoms with Crippen LogP contribution in [0.25, 0.3) is 33.3 Å². The average Bonchev–Trinajstić information content (AvgIpc) is 3.21. The topological polar surface area (TPSA) is 111 Å². The van der Waals surface area contributed by atoms with Crippen LogP contribution in [0.2, 0.25) is 0 Å². The van der Waals surface area contributed by atoms with E-state index in [9.17, 15) is 9.59 Å². The molecule has 8 nitrogen and oxygen atoms in total. The Labute approximate surface area is 185 Å². The van der Waals surface area contributed by atoms with E-state index in [-0.39, 0.29) is 17.5 Å². The van der Waals surface area contributed by atoms with Crippen molar-refractivity contribution in [2.45, 2.75) is 18.9 Å². The van der Waals surface area contributed by atoms with Crippen LogP contribution in [0.5, 0.6) is 0 Å². The molecule has 0 spiro atoms. The van der Waals surface area contributed by atoms with Crippen molar-refractivity contribution in [3.05, 3.63) is 58.4 Å². The highest BCUT2D eigenvalue weighted by molar-refractivity contribution is 5.99. The second kappa shape index (κ2) is 7.80. The quantitative estimate of drug-likeness (QED) is 0.463. The molecule has 0 unspecified atom stereocenters. The van der Waals surface area contributed by atoms with Gasteiger partial charge in [-0.15, -0.1) is 0 Å². The summed E-state index contributed by atoms with van der Waals surface area (Å²) >= 11 is 0. The van der Waals surface area contributed by atoms with Crippen molar-refractivity contribution in [3.8, 4) is 11.4 Å². The number of hydrogen-bond donors (Lipinski definition) is 3. The van der Waals surface area contributed by atoms with E-state index in [0.29, 0.717) is 39.2 Å². The Bertz CT molecular complexity index is 1380. The summed E-state index contributed by atoms with van der Waals surface area (Å²) < 4.78 is 0. The van der Waals surface area contributed by atoms with Crippen molar-refractivity contribution in [1.82, 2.24) is 24.8 Å². The molecule has 164 valence electrons. The highest BCUT2D eigenvalue weighted by Gasteiger charge is 2.25. The molecule has 4 N–H and O–H groups in total. The Morgan fingerprint density at radius 3 is 2.66 bits per heavy atom. The minimum atomic E-state index is -0.307. The number of nitrogen functional groups attached to an aromatic ring is 1. The van der Waals surface area contributed by atoms with Gasteiger partial charge < -0.3 is 25.5 Å². The second-order valence-corrected chi connectivity index (χ2v) is 8.56. The molecule has 0 saturated carbocycles. The number of fused-ring (bicyclic) bond motifs is 2. The summed E-state index contributed by atoms with van der Waals surface area (Å²) in [6, 6.07) is 13.0. The third kappa shape index (κ3) is 3.42. The molecule has 3 heterocycles. The fourth-order valence-electron chi connectivity index (χ4n) is 4.52. The molecule has 0 radical (unpaired) electrons. The molecule has 8 heteroatoms. The number of rotatable bonds is 3. The van der Waals surface area contributed by atoms with Gasteiger partial charge in [-0.3, -0.25) is 9.59 Å². The fourth-order valence-corrected chi connectivity index (χ4v) is 4.52. The van der Waals surface area contributed by atoms with E-state index < -0.39 is 0 Å². The number of H-pyrrole nitrogens is 2. The maximum absolute atomic E-state index is 13.1. The molecule has 5 rings (SSSR count). The summed E-state index contributed by atoms with van der Waals surface area (Å²) in [4.78, 5) is 40.6. The normalized spacial score (nSPS) is 15.4. The molecule has 2 aromatic heterocycles. The van der Waals surface area contributed by atoms with Gasteiger partial charge in [-0.25, -0.2) is 4.98 Å². The van der Waals surface area contributed by atoms with E-state index in [1.54, 1.807) is 18.2 Å². The maximum atomic E-state index is 13.1. The van der Waals surface area contributed by atoms with Gasteiger partial charge in [-0.2, -0.15) is 0 Å². The molecule has 2 aromatic carbocycles. The molecule has 0 atom stereocenters. The Balaban J connectivity index is 1.49. The van der Waals surface area contributed by atoms with E-state index in [1.165, 1.54) is 0 Å². The molecular formula is C24H26N6O2. The SMILES string of the molecule is CN1CCC(N(C)C(=O)c2ccc3nc(-c4c(N)c5ccccc5[nH]c4=O)[nH]c3c2)CC1. The first-order valence-electron chi connectivity index (χ1n) is 10.8. The molecule has 1 aliphatic rings. The summed E-state index contributed by atoms with van der Waals surface area (Å²) in [6.07, 6.45) is 1.94. The van der Waals surface area contributed by atoms with Crippen LogP contribution in [0.15, 0.2) is 47.3 Å². The number of carbonyl (C=O) groups is 1. The van der Waals surface area contributed by atoms with Crippen molar-refractivity contribution in [2.75, 3.05) is 32.9 Å². The summed E-state index contributed by atoms with van der Waals surface area (Å²) in [5, 5.41) is 0.762. The van der Waals surface area contributed by atoms with Crippen molar-refractivity contribution in [1.29, 1.82) is 0 Å². The van der Waals surface area contributed by atoms with Gasteiger partial charge in [0.2, 0.25) is 0 Å². The van der Waals surface area contributed by atoms with Gasteiger partial charge in [0, 0.05) is 24.0 Å². The van der Waals surface area contributed by atoms with Gasteiger partial charge in [0.15, 0.2) is 0 Å². The van der Waals surface area contributed by atoms with Crippen LogP contribution in [0.4, 0.5) is 5.69 Å². The van der Waals surface area contributed by atoms with Crippen LogP contribution >= 0.6 is 0 Å². The number of anilines is 1. The molecular weight excluding hydrogens is 404 g/mol. The number of benzene rings is 2. The molecule has 0 aliphatic carbocycles. The zero-order chi connectivity index (χ0) is 22.4. The maximum Gasteiger partial charge on any atom is 0.261 e. The summed E-state index contributed by atoms with van der Waals surface area (Å²) in [5.74, 6) is 0.374. The molecule has 32 heavy (non-hydrogen) atoms. The number of aromatic amines is 2. The van der Waals surface area contributed by atoms with Crippen molar-refractivity contribution in [3.63, 3.8) is 0 Å². The third-order valence-corrected chi connectivity index (χ3v) is 6.48. The summed E-state index contributed by atoms with van der Waals surface area (Å²) in [7, 11) is 3.98. The van der Waals surface area contributed by atoms with Gasteiger partial charge >= 0.3 is 0 Å². The highest BCUT2D eigenvalue weighted by Crippen LogP contribution is 2.28. The van der Waals surface area contributed by atoms with E-state index >= 15 is 0 Å². The van der Waals surface area contributed by atoms with Crippen LogP contribution in [0.3, 0.4) is 0 Å². The smallest absolute Gasteiger partial charge is 0.261 e. The number of likely N-dealkylation sites (tertiary alicyclic amines) is 1. The average molecular weight is 431 g/mol. The van der Waals surface area contributed by atoms with Gasteiger partial charge in [0.1, 0.15) is 11.4 Å². The lowest BCUT2D eigenvalue weighted by molar-refractivity contribution is 0.0659. The van der Waals surface area contributed by atoms with E-state index in [1.807, 2.05) is 36.2 Å². The number of nitrogens with zero attached hydrogens (tertiary/aromatic N) is 3. The van der Waals surface area contributed by atoms with Crippen molar-refractivity contribution < 1.29 is 4.79 Å². The summed E-state index contributed by atoms with van der Waals surface area (Å²) in [5.41, 5.74) is 9.34. The van der Waals surface area contributed by atoms with Gasteiger partial charge in [-0.1, -0.05) is 18.2 Å². The minimum absolute atomic E-state index is 0.0133. The molecule has 0 bridgehead atoms. The number of aromatic nitrogens is 3. The monoisotopic (exact) mass is 430 g/mol. The minimum Gasteiger partial charge on any atom is -0.397 e. The predicted octanol–water partition coefficient (Wildman–Crippen LogP) is 2.82. The number of pyridine rings is 1. The Morgan fingerprint density at radius 2 is 1.88 bits per heavy atom.